The van der Waals surface area contributed by atoms with Crippen molar-refractivity contribution >= 4 is 37.3 Å². The largest absolute Gasteiger partial charge is 0.490 e. The molecule has 0 fully saturated rings. The highest BCUT2D eigenvalue weighted by atomic mass is 32.2. The quantitative estimate of drug-likeness (QED) is 0.169. The summed E-state index contributed by atoms with van der Waals surface area (Å²) in [7, 11) is -7.24. The zero-order valence-corrected chi connectivity index (χ0v) is 22.6. The van der Waals surface area contributed by atoms with Crippen LogP contribution in [0.4, 0.5) is 11.4 Å². The Morgan fingerprint density at radius 2 is 1.58 bits per heavy atom. The van der Waals surface area contributed by atoms with Crippen LogP contribution in [0.3, 0.4) is 0 Å². The summed E-state index contributed by atoms with van der Waals surface area (Å²) in [5.41, 5.74) is 7.34. The first-order valence-corrected chi connectivity index (χ1v) is 15.0. The van der Waals surface area contributed by atoms with Crippen molar-refractivity contribution < 1.29 is 26.3 Å². The van der Waals surface area contributed by atoms with E-state index in [0.717, 1.165) is 6.26 Å². The Bertz CT molecular complexity index is 1250. The van der Waals surface area contributed by atoms with Crippen LogP contribution in [0, 0.1) is 5.41 Å². The molecule has 0 aromatic heterocycles. The van der Waals surface area contributed by atoms with Gasteiger partial charge in [-0.2, -0.15) is 0 Å². The Labute approximate surface area is 213 Å². The topological polar surface area (TPSA) is 173 Å². The smallest absolute Gasteiger partial charge is 0.229 e. The lowest BCUT2D eigenvalue weighted by molar-refractivity contribution is 0.287. The Hall–Kier alpha value is -3.03. The molecule has 1 unspecified atom stereocenters. The number of nitrogens with two attached hydrogens (primary N) is 1. The Morgan fingerprint density at radius 1 is 1.00 bits per heavy atom. The molecule has 0 aliphatic carbocycles. The maximum atomic E-state index is 12.4. The van der Waals surface area contributed by atoms with Crippen molar-refractivity contribution in [3.05, 3.63) is 47.5 Å². The third kappa shape index (κ3) is 8.88. The zero-order valence-electron chi connectivity index (χ0n) is 20.9. The molecular weight excluding hydrogens is 506 g/mol. The highest BCUT2D eigenvalue weighted by molar-refractivity contribution is 7.92. The molecule has 13 heteroatoms. The van der Waals surface area contributed by atoms with Crippen molar-refractivity contribution in [1.29, 1.82) is 5.41 Å². The van der Waals surface area contributed by atoms with E-state index in [1.807, 2.05) is 6.92 Å². The van der Waals surface area contributed by atoms with Gasteiger partial charge in [0, 0.05) is 29.4 Å². The average Bonchev–Trinajstić information content (AvgIpc) is 2.78. The summed E-state index contributed by atoms with van der Waals surface area (Å²) in [6.45, 7) is 5.97. The first-order valence-electron chi connectivity index (χ1n) is 11.5. The van der Waals surface area contributed by atoms with E-state index in [9.17, 15) is 16.8 Å². The lowest BCUT2D eigenvalue weighted by atomic mass is 10.0. The predicted molar refractivity (Wildman–Crippen MR) is 143 cm³/mol. The van der Waals surface area contributed by atoms with Gasteiger partial charge in [0.15, 0.2) is 11.5 Å². The van der Waals surface area contributed by atoms with Crippen molar-refractivity contribution in [2.75, 3.05) is 41.8 Å². The van der Waals surface area contributed by atoms with E-state index in [1.54, 1.807) is 44.2 Å². The van der Waals surface area contributed by atoms with Crippen LogP contribution in [0.2, 0.25) is 0 Å². The molecule has 0 amide bonds. The van der Waals surface area contributed by atoms with Gasteiger partial charge in [-0.15, -0.1) is 0 Å². The molecule has 11 nitrogen and oxygen atoms in total. The molecule has 0 saturated carbocycles. The Balaban J connectivity index is 2.62. The van der Waals surface area contributed by atoms with E-state index in [2.05, 4.69) is 14.8 Å². The minimum Gasteiger partial charge on any atom is -0.490 e. The summed E-state index contributed by atoms with van der Waals surface area (Å²) in [6.07, 6.45) is 1.47. The van der Waals surface area contributed by atoms with Gasteiger partial charge >= 0.3 is 0 Å². The maximum Gasteiger partial charge on any atom is 0.229 e. The highest BCUT2D eigenvalue weighted by Gasteiger charge is 2.23. The minimum absolute atomic E-state index is 0.0467. The molecule has 200 valence electrons. The molecule has 0 radical (unpaired) electrons. The predicted octanol–water partition coefficient (Wildman–Crippen LogP) is 2.62. The van der Waals surface area contributed by atoms with E-state index < -0.39 is 26.1 Å². The van der Waals surface area contributed by atoms with E-state index in [1.165, 1.54) is 6.07 Å². The number of hydrogen-bond donors (Lipinski definition) is 5. The van der Waals surface area contributed by atoms with E-state index >= 15 is 0 Å². The van der Waals surface area contributed by atoms with Gasteiger partial charge in [-0.05, 0) is 50.6 Å². The molecule has 0 aliphatic heterocycles. The van der Waals surface area contributed by atoms with Crippen LogP contribution in [0.5, 0.6) is 11.5 Å². The van der Waals surface area contributed by atoms with Crippen molar-refractivity contribution in [1.82, 2.24) is 4.72 Å². The number of hydrogen-bond acceptors (Lipinski definition) is 8. The molecule has 36 heavy (non-hydrogen) atoms. The number of sulfonamides is 2. The number of ether oxygens (including phenoxy) is 2. The molecule has 0 spiro atoms. The van der Waals surface area contributed by atoms with Gasteiger partial charge in [0.2, 0.25) is 20.0 Å². The Morgan fingerprint density at radius 3 is 2.08 bits per heavy atom. The van der Waals surface area contributed by atoms with Crippen molar-refractivity contribution in [3.63, 3.8) is 0 Å². The van der Waals surface area contributed by atoms with Gasteiger partial charge in [0.05, 0.1) is 37.0 Å². The highest BCUT2D eigenvalue weighted by Crippen LogP contribution is 2.38. The molecule has 0 bridgehead atoms. The number of nitrogen functional groups attached to an aromatic ring is 1. The molecule has 2 aromatic carbocycles. The molecule has 2 rings (SSSR count). The fourth-order valence-electron chi connectivity index (χ4n) is 3.43. The summed E-state index contributed by atoms with van der Waals surface area (Å²) < 4.78 is 65.7. The SMILES string of the molecule is CCCS(=O)(=O)NCC(Nc1ccc(C(=N)N)cc1)c1cc(OCC)c(OCC)cc1NS(C)(=O)=O. The van der Waals surface area contributed by atoms with E-state index in [0.29, 0.717) is 47.9 Å². The second-order valence-electron chi connectivity index (χ2n) is 7.98. The minimum atomic E-state index is -3.68. The first-order chi connectivity index (χ1) is 16.9. The summed E-state index contributed by atoms with van der Waals surface area (Å²) in [4.78, 5) is 0. The van der Waals surface area contributed by atoms with Crippen LogP contribution in [-0.4, -0.2) is 54.4 Å². The van der Waals surface area contributed by atoms with Crippen LogP contribution in [-0.2, 0) is 20.0 Å². The van der Waals surface area contributed by atoms with Crippen molar-refractivity contribution in [3.8, 4) is 11.5 Å². The van der Waals surface area contributed by atoms with E-state index in [-0.39, 0.29) is 23.8 Å². The third-order valence-corrected chi connectivity index (χ3v) is 7.05. The zero-order chi connectivity index (χ0) is 26.9. The standard InChI is InChI=1S/C23H35N5O6S2/c1-5-12-36(31,32)26-15-20(27-17-10-8-16(9-11-17)23(24)25)18-13-21(33-6-2)22(34-7-3)14-19(18)28-35(4,29)30/h8-11,13-14,20,26-28H,5-7,12,15H2,1-4H3,(H3,24,25). The lowest BCUT2D eigenvalue weighted by Crippen LogP contribution is -2.33. The van der Waals surface area contributed by atoms with Crippen molar-refractivity contribution in [2.45, 2.75) is 33.2 Å². The lowest BCUT2D eigenvalue weighted by Gasteiger charge is -2.25. The second kappa shape index (κ2) is 12.8. The average molecular weight is 542 g/mol. The summed E-state index contributed by atoms with van der Waals surface area (Å²) in [5, 5.41) is 10.8. The van der Waals surface area contributed by atoms with Gasteiger partial charge in [0.25, 0.3) is 0 Å². The summed E-state index contributed by atoms with van der Waals surface area (Å²) in [5.74, 6) is 0.612. The van der Waals surface area contributed by atoms with Crippen LogP contribution in [0.25, 0.3) is 0 Å². The van der Waals surface area contributed by atoms with Gasteiger partial charge in [-0.25, -0.2) is 21.6 Å². The van der Waals surface area contributed by atoms with Gasteiger partial charge in [0.1, 0.15) is 5.84 Å². The summed E-state index contributed by atoms with van der Waals surface area (Å²) in [6, 6.07) is 9.17. The second-order valence-corrected chi connectivity index (χ2v) is 11.7. The number of benzene rings is 2. The van der Waals surface area contributed by atoms with Crippen LogP contribution in [0.1, 0.15) is 44.4 Å². The Kier molecular flexibility index (Phi) is 10.4. The number of rotatable bonds is 15. The summed E-state index contributed by atoms with van der Waals surface area (Å²) >= 11 is 0. The van der Waals surface area contributed by atoms with Crippen LogP contribution >= 0.6 is 0 Å². The number of anilines is 2. The third-order valence-electron chi connectivity index (χ3n) is 4.90. The molecular formula is C23H35N5O6S2. The molecule has 0 saturated heterocycles. The fourth-order valence-corrected chi connectivity index (χ4v) is 5.10. The van der Waals surface area contributed by atoms with Crippen molar-refractivity contribution in [2.24, 2.45) is 5.73 Å². The van der Waals surface area contributed by atoms with Gasteiger partial charge < -0.3 is 20.5 Å². The molecule has 0 aliphatic rings. The monoisotopic (exact) mass is 541 g/mol. The first kappa shape index (κ1) is 29.2. The van der Waals surface area contributed by atoms with Crippen LogP contribution in [0.15, 0.2) is 36.4 Å². The molecule has 1 atom stereocenters. The van der Waals surface area contributed by atoms with Crippen LogP contribution < -0.4 is 30.0 Å². The van der Waals surface area contributed by atoms with Gasteiger partial charge in [-0.1, -0.05) is 6.92 Å². The molecule has 6 N–H and O–H groups in total. The maximum absolute atomic E-state index is 12.4. The molecule has 2 aromatic rings. The number of nitrogens with one attached hydrogen (secondary N) is 4. The normalized spacial score (nSPS) is 12.6. The van der Waals surface area contributed by atoms with E-state index in [4.69, 9.17) is 20.6 Å². The fraction of sp³-hybridized carbons (Fsp3) is 0.435. The van der Waals surface area contributed by atoms with Gasteiger partial charge in [-0.3, -0.25) is 10.1 Å². The number of amidine groups is 1. The molecule has 0 heterocycles.